The summed E-state index contributed by atoms with van der Waals surface area (Å²) in [5, 5.41) is 56.1. The van der Waals surface area contributed by atoms with Crippen molar-refractivity contribution in [3.63, 3.8) is 0 Å². The van der Waals surface area contributed by atoms with Crippen LogP contribution in [0, 0.1) is 45.3 Å². The third-order valence-electron chi connectivity index (χ3n) is 14.6. The molecule has 8 aliphatic carbocycles. The van der Waals surface area contributed by atoms with E-state index in [4.69, 9.17) is 10.2 Å². The number of hydrogen-bond acceptors (Lipinski definition) is 10. The molecule has 0 unspecified atom stereocenters. The van der Waals surface area contributed by atoms with Gasteiger partial charge in [0.2, 0.25) is 0 Å². The SMILES string of the molecule is CO.CO.O.O.O=C(O)C12CC3CC(C1)CC(C(=O)O)(C3)C2.O=C(O)C12CC3CC(C1)CC(C(=O)O)(C3)C2.[Zn].[Zn].c1cnc2c(c1)ccc1cccnc12.c1cnc2c(c1)ccc1cccnc12. The van der Waals surface area contributed by atoms with Crippen molar-refractivity contribution in [1.29, 1.82) is 0 Å². The van der Waals surface area contributed by atoms with Crippen molar-refractivity contribution in [3.8, 4) is 0 Å². The molecular formula is C50H60N4O12Zn2. The number of hydrogen-bond donors (Lipinski definition) is 6. The molecule has 16 nitrogen and oxygen atoms in total. The maximum Gasteiger partial charge on any atom is 0.309 e. The van der Waals surface area contributed by atoms with Crippen LogP contribution in [0.3, 0.4) is 0 Å². The Balaban J connectivity index is 0.000000230. The average molecular weight is 1040 g/mol. The number of aliphatic carboxylic acids is 4. The van der Waals surface area contributed by atoms with Crippen LogP contribution in [0.5, 0.6) is 0 Å². The fourth-order valence-corrected chi connectivity index (χ4v) is 12.9. The molecule has 8 fully saturated rings. The summed E-state index contributed by atoms with van der Waals surface area (Å²) in [4.78, 5) is 63.1. The normalized spacial score (nSPS) is 27.8. The van der Waals surface area contributed by atoms with Gasteiger partial charge in [0.1, 0.15) is 0 Å². The monoisotopic (exact) mass is 1040 g/mol. The molecular weight excluding hydrogens is 979 g/mol. The molecule has 68 heavy (non-hydrogen) atoms. The summed E-state index contributed by atoms with van der Waals surface area (Å²) in [5.41, 5.74) is 1.03. The smallest absolute Gasteiger partial charge is 0.309 e. The molecule has 10 N–H and O–H groups in total. The Bertz CT molecular complexity index is 2320. The molecule has 8 bridgehead atoms. The Morgan fingerprint density at radius 1 is 0.397 bits per heavy atom. The first-order chi connectivity index (χ1) is 30.8. The van der Waals surface area contributed by atoms with Gasteiger partial charge < -0.3 is 41.6 Å². The molecule has 8 saturated carbocycles. The van der Waals surface area contributed by atoms with Crippen molar-refractivity contribution in [1.82, 2.24) is 19.9 Å². The number of rotatable bonds is 4. The summed E-state index contributed by atoms with van der Waals surface area (Å²) < 4.78 is 0. The van der Waals surface area contributed by atoms with Gasteiger partial charge in [0.25, 0.3) is 0 Å². The van der Waals surface area contributed by atoms with Crippen molar-refractivity contribution >= 4 is 67.5 Å². The zero-order chi connectivity index (χ0) is 45.9. The molecule has 14 rings (SSSR count). The van der Waals surface area contributed by atoms with E-state index in [1.54, 1.807) is 24.8 Å². The first-order valence-electron chi connectivity index (χ1n) is 21.8. The minimum absolute atomic E-state index is 0. The topological polar surface area (TPSA) is 304 Å². The number of carboxylic acids is 4. The molecule has 0 aliphatic heterocycles. The van der Waals surface area contributed by atoms with Crippen molar-refractivity contribution < 1.29 is 99.7 Å². The summed E-state index contributed by atoms with van der Waals surface area (Å²) in [6, 6.07) is 24.3. The number of carboxylic acid groups (broad SMARTS) is 4. The second kappa shape index (κ2) is 23.6. The van der Waals surface area contributed by atoms with Gasteiger partial charge in [-0.25, -0.2) is 0 Å². The van der Waals surface area contributed by atoms with Crippen LogP contribution in [0.2, 0.25) is 0 Å². The Morgan fingerprint density at radius 3 is 0.765 bits per heavy atom. The Hall–Kier alpha value is -4.95. The number of aromatic nitrogens is 4. The molecule has 0 spiro atoms. The number of aliphatic hydroxyl groups is 2. The van der Waals surface area contributed by atoms with Crippen LogP contribution < -0.4 is 0 Å². The van der Waals surface area contributed by atoms with E-state index < -0.39 is 45.5 Å². The third kappa shape index (κ3) is 11.1. The summed E-state index contributed by atoms with van der Waals surface area (Å²) in [5.74, 6) is -1.78. The van der Waals surface area contributed by atoms with Crippen molar-refractivity contribution in [2.24, 2.45) is 45.3 Å². The summed E-state index contributed by atoms with van der Waals surface area (Å²) in [6.07, 6.45) is 15.6. The first kappa shape index (κ1) is 57.4. The van der Waals surface area contributed by atoms with E-state index in [9.17, 15) is 39.6 Å². The average Bonchev–Trinajstić information content (AvgIpc) is 3.30. The predicted octanol–water partition coefficient (Wildman–Crippen LogP) is 6.61. The van der Waals surface area contributed by atoms with Gasteiger partial charge >= 0.3 is 23.9 Å². The fraction of sp³-hybridized carbons (Fsp3) is 0.440. The molecule has 4 heterocycles. The van der Waals surface area contributed by atoms with Crippen LogP contribution in [0.15, 0.2) is 97.6 Å². The van der Waals surface area contributed by atoms with Crippen LogP contribution in [-0.4, -0.2) is 99.6 Å². The Labute approximate surface area is 419 Å². The number of nitrogens with zero attached hydrogens (tertiary/aromatic N) is 4. The van der Waals surface area contributed by atoms with E-state index in [1.807, 2.05) is 24.3 Å². The van der Waals surface area contributed by atoms with Gasteiger partial charge in [-0.15, -0.1) is 0 Å². The number of fused-ring (bicyclic) bond motifs is 6. The third-order valence-corrected chi connectivity index (χ3v) is 14.6. The summed E-state index contributed by atoms with van der Waals surface area (Å²) in [7, 11) is 2.00. The molecule has 0 amide bonds. The Morgan fingerprint density at radius 2 is 0.588 bits per heavy atom. The molecule has 0 saturated heterocycles. The van der Waals surface area contributed by atoms with Gasteiger partial charge in [-0.3, -0.25) is 39.1 Å². The zero-order valence-electron chi connectivity index (χ0n) is 38.6. The summed E-state index contributed by atoms with van der Waals surface area (Å²) in [6.45, 7) is 0. The maximum atomic E-state index is 11.4. The second-order valence-corrected chi connectivity index (χ2v) is 18.7. The van der Waals surface area contributed by atoms with Crippen LogP contribution in [0.4, 0.5) is 0 Å². The molecule has 0 atom stereocenters. The van der Waals surface area contributed by atoms with E-state index in [2.05, 4.69) is 68.5 Å². The second-order valence-electron chi connectivity index (χ2n) is 18.7. The molecule has 0 radical (unpaired) electrons. The molecule has 18 heteroatoms. The number of carbonyl (C=O) groups is 4. The van der Waals surface area contributed by atoms with E-state index >= 15 is 0 Å². The molecule has 6 aromatic rings. The van der Waals surface area contributed by atoms with Gasteiger partial charge in [-0.05, 0) is 125 Å². The standard InChI is InChI=1S/2C12H8N2.2C12H16O4.2CH4O.2H2O.2Zn/c2*1-3-9-5-6-10-4-2-8-14-12(10)11(9)13-7-1;2*13-9(14)11-2-7-1-8(4-11)5-12(3-7,6-11)10(15)16;2*1-2;;;;/h2*1-8H;2*7-8H,1-6H2,(H,13,14)(H,15,16);2*2H,1H3;2*1H2;;. The minimum atomic E-state index is -0.771. The quantitative estimate of drug-likeness (QED) is 0.0800. The van der Waals surface area contributed by atoms with E-state index in [0.29, 0.717) is 87.9 Å². The van der Waals surface area contributed by atoms with Crippen LogP contribution in [0.25, 0.3) is 43.6 Å². The fourth-order valence-electron chi connectivity index (χ4n) is 12.9. The predicted molar refractivity (Wildman–Crippen MR) is 247 cm³/mol. The van der Waals surface area contributed by atoms with Crippen LogP contribution in [-0.2, 0) is 58.1 Å². The van der Waals surface area contributed by atoms with E-state index in [1.165, 1.54) is 0 Å². The van der Waals surface area contributed by atoms with Crippen molar-refractivity contribution in [2.45, 2.75) is 77.0 Å². The van der Waals surface area contributed by atoms with E-state index in [-0.39, 0.29) is 49.9 Å². The minimum Gasteiger partial charge on any atom is -0.481 e. The van der Waals surface area contributed by atoms with Crippen molar-refractivity contribution in [2.75, 3.05) is 14.2 Å². The maximum absolute atomic E-state index is 11.4. The van der Waals surface area contributed by atoms with Gasteiger partial charge in [0.05, 0.1) is 43.7 Å². The van der Waals surface area contributed by atoms with Crippen LogP contribution in [0.1, 0.15) is 77.0 Å². The summed E-state index contributed by atoms with van der Waals surface area (Å²) >= 11 is 0. The van der Waals surface area contributed by atoms with Gasteiger partial charge in [-0.2, -0.15) is 0 Å². The molecule has 4 aromatic heterocycles. The van der Waals surface area contributed by atoms with Gasteiger partial charge in [0, 0.05) is 99.5 Å². The van der Waals surface area contributed by atoms with Gasteiger partial charge in [0.15, 0.2) is 0 Å². The Kier molecular flexibility index (Phi) is 19.9. The zero-order valence-corrected chi connectivity index (χ0v) is 44.5. The van der Waals surface area contributed by atoms with Crippen LogP contribution >= 0.6 is 0 Å². The first-order valence-corrected chi connectivity index (χ1v) is 21.8. The number of aliphatic hydroxyl groups excluding tert-OH is 2. The molecule has 8 aliphatic rings. The molecule has 2 aromatic carbocycles. The number of benzene rings is 2. The van der Waals surface area contributed by atoms with Gasteiger partial charge in [-0.1, -0.05) is 48.5 Å². The largest absolute Gasteiger partial charge is 0.481 e. The van der Waals surface area contributed by atoms with Crippen molar-refractivity contribution in [3.05, 3.63) is 97.6 Å². The van der Waals surface area contributed by atoms with E-state index in [0.717, 1.165) is 70.7 Å². The number of pyridine rings is 4. The molecule has 356 valence electrons.